The highest BCUT2D eigenvalue weighted by molar-refractivity contribution is 9.10. The van der Waals surface area contributed by atoms with Crippen LogP contribution in [0.15, 0.2) is 17.0 Å². The second-order valence-corrected chi connectivity index (χ2v) is 4.92. The molecule has 0 unspecified atom stereocenters. The Morgan fingerprint density at radius 1 is 1.47 bits per heavy atom. The number of hydrogen-bond donors (Lipinski definition) is 1. The third kappa shape index (κ3) is 1.66. The lowest BCUT2D eigenvalue weighted by molar-refractivity contribution is 0.0788. The molecule has 4 nitrogen and oxygen atoms in total. The number of pyridine rings is 1. The van der Waals surface area contributed by atoms with Gasteiger partial charge in [-0.15, -0.1) is 0 Å². The number of aromatic nitrogens is 3. The van der Waals surface area contributed by atoms with E-state index >= 15 is 0 Å². The Balaban J connectivity index is 2.90. The molecular formula is C10H12BrN3O. The molecule has 0 bridgehead atoms. The van der Waals surface area contributed by atoms with Gasteiger partial charge in [0.2, 0.25) is 0 Å². The largest absolute Gasteiger partial charge is 0.386 e. The lowest BCUT2D eigenvalue weighted by Crippen LogP contribution is -2.19. The van der Waals surface area contributed by atoms with Crippen LogP contribution in [0.1, 0.15) is 25.0 Å². The first kappa shape index (κ1) is 10.6. The summed E-state index contributed by atoms with van der Waals surface area (Å²) in [5.74, 6) is 0. The Hall–Kier alpha value is -0.940. The van der Waals surface area contributed by atoms with Crippen LogP contribution in [0, 0.1) is 6.92 Å². The Kier molecular flexibility index (Phi) is 2.31. The van der Waals surface area contributed by atoms with Crippen LogP contribution in [0.3, 0.4) is 0 Å². The molecule has 0 aliphatic rings. The third-order valence-corrected chi connectivity index (χ3v) is 3.18. The molecule has 5 heteroatoms. The van der Waals surface area contributed by atoms with Gasteiger partial charge in [-0.2, -0.15) is 5.10 Å². The Morgan fingerprint density at radius 3 is 2.73 bits per heavy atom. The van der Waals surface area contributed by atoms with Crippen molar-refractivity contribution in [2.75, 3.05) is 0 Å². The summed E-state index contributed by atoms with van der Waals surface area (Å²) in [6.07, 6.45) is 3.32. The molecule has 0 spiro atoms. The van der Waals surface area contributed by atoms with Crippen LogP contribution >= 0.6 is 15.9 Å². The Bertz CT molecular complexity index is 513. The first-order chi connectivity index (χ1) is 6.91. The molecule has 0 aliphatic carbocycles. The van der Waals surface area contributed by atoms with Crippen LogP contribution < -0.4 is 0 Å². The summed E-state index contributed by atoms with van der Waals surface area (Å²) >= 11 is 3.44. The highest BCUT2D eigenvalue weighted by atomic mass is 79.9. The van der Waals surface area contributed by atoms with Crippen LogP contribution in [0.5, 0.6) is 0 Å². The van der Waals surface area contributed by atoms with Crippen molar-refractivity contribution in [2.24, 2.45) is 0 Å². The molecule has 0 amide bonds. The molecule has 0 saturated heterocycles. The van der Waals surface area contributed by atoms with E-state index < -0.39 is 5.60 Å². The summed E-state index contributed by atoms with van der Waals surface area (Å²) in [6, 6.07) is 0. The average molecular weight is 270 g/mol. The summed E-state index contributed by atoms with van der Waals surface area (Å²) in [4.78, 5) is 4.16. The fourth-order valence-corrected chi connectivity index (χ4v) is 2.14. The number of aliphatic hydroxyl groups is 1. The van der Waals surface area contributed by atoms with Crippen molar-refractivity contribution in [2.45, 2.75) is 26.4 Å². The van der Waals surface area contributed by atoms with Gasteiger partial charge in [-0.25, -0.2) is 9.50 Å². The molecule has 0 saturated carbocycles. The minimum atomic E-state index is -0.928. The topological polar surface area (TPSA) is 50.4 Å². The number of nitrogens with zero attached hydrogens (tertiary/aromatic N) is 3. The van der Waals surface area contributed by atoms with Gasteiger partial charge in [-0.05, 0) is 42.3 Å². The Morgan fingerprint density at radius 2 is 2.13 bits per heavy atom. The molecule has 0 aliphatic heterocycles. The molecule has 0 radical (unpaired) electrons. The molecule has 80 valence electrons. The van der Waals surface area contributed by atoms with Crippen LogP contribution in [-0.2, 0) is 5.60 Å². The van der Waals surface area contributed by atoms with Gasteiger partial charge in [0.15, 0.2) is 5.65 Å². The SMILES string of the molecule is Cc1c(Br)cn2ncnc2c1C(C)(C)O. The van der Waals surface area contributed by atoms with Crippen LogP contribution in [0.2, 0.25) is 0 Å². The number of rotatable bonds is 1. The summed E-state index contributed by atoms with van der Waals surface area (Å²) < 4.78 is 2.57. The van der Waals surface area contributed by atoms with Crippen molar-refractivity contribution >= 4 is 21.6 Å². The number of halogens is 1. The van der Waals surface area contributed by atoms with Crippen LogP contribution in [-0.4, -0.2) is 19.7 Å². The molecule has 1 N–H and O–H groups in total. The highest BCUT2D eigenvalue weighted by Gasteiger charge is 2.24. The van der Waals surface area contributed by atoms with Gasteiger partial charge in [0.05, 0.1) is 5.60 Å². The molecule has 0 aromatic carbocycles. The van der Waals surface area contributed by atoms with Crippen molar-refractivity contribution in [3.8, 4) is 0 Å². The van der Waals surface area contributed by atoms with Gasteiger partial charge < -0.3 is 5.11 Å². The molecule has 0 atom stereocenters. The first-order valence-electron chi connectivity index (χ1n) is 4.62. The maximum Gasteiger partial charge on any atom is 0.161 e. The molecule has 2 heterocycles. The van der Waals surface area contributed by atoms with E-state index in [0.717, 1.165) is 15.6 Å². The van der Waals surface area contributed by atoms with Crippen molar-refractivity contribution in [1.29, 1.82) is 0 Å². The van der Waals surface area contributed by atoms with Gasteiger partial charge in [0.1, 0.15) is 6.33 Å². The predicted octanol–water partition coefficient (Wildman–Crippen LogP) is 2.03. The summed E-state index contributed by atoms with van der Waals surface area (Å²) in [7, 11) is 0. The van der Waals surface area contributed by atoms with Gasteiger partial charge in [-0.3, -0.25) is 0 Å². The fraction of sp³-hybridized carbons (Fsp3) is 0.400. The first-order valence-corrected chi connectivity index (χ1v) is 5.42. The third-order valence-electron chi connectivity index (χ3n) is 2.38. The zero-order valence-electron chi connectivity index (χ0n) is 8.82. The van der Waals surface area contributed by atoms with E-state index in [1.807, 2.05) is 13.1 Å². The van der Waals surface area contributed by atoms with E-state index in [4.69, 9.17) is 0 Å². The molecule has 2 rings (SSSR count). The number of fused-ring (bicyclic) bond motifs is 1. The predicted molar refractivity (Wildman–Crippen MR) is 60.7 cm³/mol. The normalized spacial score (nSPS) is 12.3. The smallest absolute Gasteiger partial charge is 0.161 e. The Labute approximate surface area is 96.1 Å². The van der Waals surface area contributed by atoms with Gasteiger partial charge in [0, 0.05) is 16.2 Å². The average Bonchev–Trinajstić information content (AvgIpc) is 2.50. The maximum atomic E-state index is 10.1. The minimum absolute atomic E-state index is 0.697. The zero-order valence-corrected chi connectivity index (χ0v) is 10.4. The molecule has 15 heavy (non-hydrogen) atoms. The van der Waals surface area contributed by atoms with E-state index in [2.05, 4.69) is 26.0 Å². The molecule has 2 aromatic heterocycles. The highest BCUT2D eigenvalue weighted by Crippen LogP contribution is 2.30. The number of hydrogen-bond acceptors (Lipinski definition) is 3. The van der Waals surface area contributed by atoms with E-state index in [1.54, 1.807) is 18.4 Å². The molecular weight excluding hydrogens is 258 g/mol. The van der Waals surface area contributed by atoms with E-state index in [-0.39, 0.29) is 0 Å². The van der Waals surface area contributed by atoms with E-state index in [1.165, 1.54) is 6.33 Å². The van der Waals surface area contributed by atoms with Crippen molar-refractivity contribution in [3.05, 3.63) is 28.1 Å². The van der Waals surface area contributed by atoms with Crippen LogP contribution in [0.25, 0.3) is 5.65 Å². The quantitative estimate of drug-likeness (QED) is 0.862. The van der Waals surface area contributed by atoms with Crippen molar-refractivity contribution in [3.63, 3.8) is 0 Å². The van der Waals surface area contributed by atoms with E-state index in [0.29, 0.717) is 5.65 Å². The van der Waals surface area contributed by atoms with Gasteiger partial charge in [-0.1, -0.05) is 0 Å². The second-order valence-electron chi connectivity index (χ2n) is 4.06. The molecule has 0 fully saturated rings. The summed E-state index contributed by atoms with van der Waals surface area (Å²) in [6.45, 7) is 5.44. The van der Waals surface area contributed by atoms with Gasteiger partial charge in [0.25, 0.3) is 0 Å². The van der Waals surface area contributed by atoms with Crippen molar-refractivity contribution in [1.82, 2.24) is 14.6 Å². The van der Waals surface area contributed by atoms with E-state index in [9.17, 15) is 5.11 Å². The molecule has 2 aromatic rings. The monoisotopic (exact) mass is 269 g/mol. The minimum Gasteiger partial charge on any atom is -0.386 e. The standard InChI is InChI=1S/C10H12BrN3O/c1-6-7(11)4-14-9(12-5-13-14)8(6)10(2,3)15/h4-5,15H,1-3H3. The maximum absolute atomic E-state index is 10.1. The summed E-state index contributed by atoms with van der Waals surface area (Å²) in [5, 5.41) is 14.2. The zero-order chi connectivity index (χ0) is 11.2. The lowest BCUT2D eigenvalue weighted by Gasteiger charge is -2.21. The lowest BCUT2D eigenvalue weighted by atomic mass is 9.95. The van der Waals surface area contributed by atoms with Crippen LogP contribution in [0.4, 0.5) is 0 Å². The fourth-order valence-electron chi connectivity index (χ4n) is 1.75. The van der Waals surface area contributed by atoms with Gasteiger partial charge >= 0.3 is 0 Å². The summed E-state index contributed by atoms with van der Waals surface area (Å²) in [5.41, 5.74) is 1.56. The van der Waals surface area contributed by atoms with Crippen molar-refractivity contribution < 1.29 is 5.11 Å². The second kappa shape index (κ2) is 3.28.